The van der Waals surface area contributed by atoms with Crippen LogP contribution in [0, 0.1) is 5.41 Å². The molecule has 2 heterocycles. The summed E-state index contributed by atoms with van der Waals surface area (Å²) in [6.45, 7) is 2.39. The number of hydrogen-bond acceptors (Lipinski definition) is 4. The molecular formula is C17H24N2O2. The van der Waals surface area contributed by atoms with Crippen LogP contribution in [0.3, 0.4) is 0 Å². The molecule has 1 aromatic rings. The average molecular weight is 288 g/mol. The lowest BCUT2D eigenvalue weighted by Gasteiger charge is -2.47. The van der Waals surface area contributed by atoms with Crippen molar-refractivity contribution >= 4 is 0 Å². The van der Waals surface area contributed by atoms with E-state index in [1.165, 1.54) is 44.3 Å². The zero-order chi connectivity index (χ0) is 14.3. The highest BCUT2D eigenvalue weighted by atomic mass is 16.5. The third kappa shape index (κ3) is 2.61. The molecule has 4 nitrogen and oxygen atoms in total. The minimum atomic E-state index is 0.320. The Bertz CT molecular complexity index is 514. The van der Waals surface area contributed by atoms with Gasteiger partial charge in [0.25, 0.3) is 0 Å². The van der Waals surface area contributed by atoms with Crippen molar-refractivity contribution in [1.82, 2.24) is 10.3 Å². The van der Waals surface area contributed by atoms with Crippen LogP contribution in [0.15, 0.2) is 12.1 Å². The summed E-state index contributed by atoms with van der Waals surface area (Å²) in [4.78, 5) is 4.56. The maximum atomic E-state index is 6.10. The van der Waals surface area contributed by atoms with E-state index in [2.05, 4.69) is 16.4 Å². The molecule has 1 aromatic heterocycles. The molecule has 0 unspecified atom stereocenters. The first kappa shape index (κ1) is 13.4. The van der Waals surface area contributed by atoms with Crippen LogP contribution in [0.1, 0.15) is 50.0 Å². The first-order valence-electron chi connectivity index (χ1n) is 8.20. The molecule has 21 heavy (non-hydrogen) atoms. The van der Waals surface area contributed by atoms with E-state index in [-0.39, 0.29) is 0 Å². The Hall–Kier alpha value is -1.29. The lowest BCUT2D eigenvalue weighted by Crippen LogP contribution is -2.55. The lowest BCUT2D eigenvalue weighted by atomic mass is 9.69. The van der Waals surface area contributed by atoms with Gasteiger partial charge in [0.05, 0.1) is 7.11 Å². The molecule has 1 N–H and O–H groups in total. The van der Waals surface area contributed by atoms with Gasteiger partial charge in [-0.2, -0.15) is 4.98 Å². The van der Waals surface area contributed by atoms with E-state index in [4.69, 9.17) is 9.47 Å². The van der Waals surface area contributed by atoms with Crippen molar-refractivity contribution in [3.8, 4) is 11.8 Å². The van der Waals surface area contributed by atoms with Crippen LogP contribution in [-0.2, 0) is 0 Å². The molecule has 1 saturated heterocycles. The number of ether oxygens (including phenoxy) is 2. The molecule has 0 radical (unpaired) electrons. The average Bonchev–Trinajstić information content (AvgIpc) is 3.31. The summed E-state index contributed by atoms with van der Waals surface area (Å²) in [5.41, 5.74) is 1.83. The normalized spacial score (nSPS) is 24.6. The van der Waals surface area contributed by atoms with Crippen LogP contribution in [-0.4, -0.2) is 31.3 Å². The Morgan fingerprint density at radius 1 is 1.14 bits per heavy atom. The molecule has 2 saturated carbocycles. The van der Waals surface area contributed by atoms with E-state index >= 15 is 0 Å². The van der Waals surface area contributed by atoms with Crippen LogP contribution in [0.2, 0.25) is 0 Å². The van der Waals surface area contributed by atoms with Gasteiger partial charge in [0.2, 0.25) is 11.8 Å². The molecule has 3 aliphatic rings. The molecule has 4 heteroatoms. The molecule has 1 spiro atoms. The standard InChI is InChI=1S/C17H24N2O2/c1-20-16-14(12-2-3-12)4-5-15(19-16)21-13-6-8-17(9-7-13)10-18-11-17/h4-5,12-13,18H,2-3,6-11H2,1H3. The topological polar surface area (TPSA) is 43.4 Å². The zero-order valence-electron chi connectivity index (χ0n) is 12.7. The second-order valence-electron chi connectivity index (χ2n) is 6.94. The summed E-state index contributed by atoms with van der Waals surface area (Å²) in [6.07, 6.45) is 7.70. The minimum Gasteiger partial charge on any atom is -0.481 e. The number of nitrogens with zero attached hydrogens (tertiary/aromatic N) is 1. The first-order valence-corrected chi connectivity index (χ1v) is 8.20. The number of pyridine rings is 1. The Labute approximate surface area is 126 Å². The fourth-order valence-corrected chi connectivity index (χ4v) is 3.69. The van der Waals surface area contributed by atoms with Crippen molar-refractivity contribution < 1.29 is 9.47 Å². The summed E-state index contributed by atoms with van der Waals surface area (Å²) in [6, 6.07) is 4.16. The third-order valence-corrected chi connectivity index (χ3v) is 5.36. The molecule has 2 aliphatic carbocycles. The van der Waals surface area contributed by atoms with Gasteiger partial charge in [-0.05, 0) is 55.9 Å². The fraction of sp³-hybridized carbons (Fsp3) is 0.706. The van der Waals surface area contributed by atoms with Gasteiger partial charge >= 0.3 is 0 Å². The highest BCUT2D eigenvalue weighted by molar-refractivity contribution is 5.36. The van der Waals surface area contributed by atoms with Crippen LogP contribution in [0.4, 0.5) is 0 Å². The smallest absolute Gasteiger partial charge is 0.219 e. The predicted molar refractivity (Wildman–Crippen MR) is 81.0 cm³/mol. The molecule has 114 valence electrons. The Morgan fingerprint density at radius 2 is 1.90 bits per heavy atom. The van der Waals surface area contributed by atoms with Gasteiger partial charge < -0.3 is 14.8 Å². The summed E-state index contributed by atoms with van der Waals surface area (Å²) in [7, 11) is 1.70. The zero-order valence-corrected chi connectivity index (χ0v) is 12.7. The van der Waals surface area contributed by atoms with E-state index in [9.17, 15) is 0 Å². The quantitative estimate of drug-likeness (QED) is 0.925. The van der Waals surface area contributed by atoms with Crippen LogP contribution >= 0.6 is 0 Å². The fourth-order valence-electron chi connectivity index (χ4n) is 3.69. The van der Waals surface area contributed by atoms with E-state index in [1.54, 1.807) is 7.11 Å². The van der Waals surface area contributed by atoms with Gasteiger partial charge in [-0.3, -0.25) is 0 Å². The van der Waals surface area contributed by atoms with Gasteiger partial charge in [-0.15, -0.1) is 0 Å². The number of methoxy groups -OCH3 is 1. The Balaban J connectivity index is 1.40. The van der Waals surface area contributed by atoms with Gasteiger partial charge in [0.15, 0.2) is 0 Å². The van der Waals surface area contributed by atoms with Crippen molar-refractivity contribution in [1.29, 1.82) is 0 Å². The summed E-state index contributed by atoms with van der Waals surface area (Å²) in [5.74, 6) is 2.14. The number of hydrogen-bond donors (Lipinski definition) is 1. The first-order chi connectivity index (χ1) is 10.3. The van der Waals surface area contributed by atoms with Crippen molar-refractivity contribution in [2.24, 2.45) is 5.41 Å². The molecule has 0 bridgehead atoms. The summed E-state index contributed by atoms with van der Waals surface area (Å²) >= 11 is 0. The van der Waals surface area contributed by atoms with E-state index < -0.39 is 0 Å². The minimum absolute atomic E-state index is 0.320. The monoisotopic (exact) mass is 288 g/mol. The van der Waals surface area contributed by atoms with Crippen LogP contribution in [0.25, 0.3) is 0 Å². The maximum absolute atomic E-state index is 6.10. The van der Waals surface area contributed by atoms with E-state index in [1.807, 2.05) is 6.07 Å². The summed E-state index contributed by atoms with van der Waals surface area (Å²) in [5, 5.41) is 3.40. The SMILES string of the molecule is COc1nc(OC2CCC3(CC2)CNC3)ccc1C1CC1. The summed E-state index contributed by atoms with van der Waals surface area (Å²) < 4.78 is 11.5. The largest absolute Gasteiger partial charge is 0.481 e. The Kier molecular flexibility index (Phi) is 3.29. The highest BCUT2D eigenvalue weighted by Crippen LogP contribution is 2.44. The second-order valence-corrected chi connectivity index (χ2v) is 6.94. The molecule has 3 fully saturated rings. The van der Waals surface area contributed by atoms with E-state index in [0.717, 1.165) is 24.6 Å². The lowest BCUT2D eigenvalue weighted by molar-refractivity contribution is 0.0400. The van der Waals surface area contributed by atoms with Gasteiger partial charge in [0.1, 0.15) is 6.10 Å². The number of aromatic nitrogens is 1. The van der Waals surface area contributed by atoms with Crippen molar-refractivity contribution in [3.05, 3.63) is 17.7 Å². The van der Waals surface area contributed by atoms with E-state index in [0.29, 0.717) is 17.4 Å². The second kappa shape index (κ2) is 5.16. The molecular weight excluding hydrogens is 264 g/mol. The van der Waals surface area contributed by atoms with Gasteiger partial charge in [-0.1, -0.05) is 0 Å². The van der Waals surface area contributed by atoms with Gasteiger partial charge in [0, 0.05) is 24.7 Å². The Morgan fingerprint density at radius 3 is 2.48 bits per heavy atom. The van der Waals surface area contributed by atoms with Crippen molar-refractivity contribution in [3.63, 3.8) is 0 Å². The van der Waals surface area contributed by atoms with Crippen molar-refractivity contribution in [2.75, 3.05) is 20.2 Å². The van der Waals surface area contributed by atoms with Crippen molar-refractivity contribution in [2.45, 2.75) is 50.5 Å². The third-order valence-electron chi connectivity index (χ3n) is 5.36. The van der Waals surface area contributed by atoms with Gasteiger partial charge in [-0.25, -0.2) is 0 Å². The molecule has 0 atom stereocenters. The maximum Gasteiger partial charge on any atom is 0.219 e. The molecule has 0 aromatic carbocycles. The molecule has 1 aliphatic heterocycles. The highest BCUT2D eigenvalue weighted by Gasteiger charge is 2.40. The number of nitrogens with one attached hydrogen (secondary N) is 1. The van der Waals surface area contributed by atoms with Crippen LogP contribution < -0.4 is 14.8 Å². The van der Waals surface area contributed by atoms with Crippen LogP contribution in [0.5, 0.6) is 11.8 Å². The molecule has 0 amide bonds. The predicted octanol–water partition coefficient (Wildman–Crippen LogP) is 2.88. The number of rotatable bonds is 4. The molecule has 4 rings (SSSR count).